The van der Waals surface area contributed by atoms with Crippen molar-refractivity contribution in [3.05, 3.63) is 59.2 Å². The maximum absolute atomic E-state index is 12.5. The molecule has 1 heterocycles. The molecule has 4 nitrogen and oxygen atoms in total. The van der Waals surface area contributed by atoms with Crippen molar-refractivity contribution >= 4 is 11.6 Å². The summed E-state index contributed by atoms with van der Waals surface area (Å²) in [6.45, 7) is 4.65. The zero-order chi connectivity index (χ0) is 19.3. The van der Waals surface area contributed by atoms with Gasteiger partial charge in [0.05, 0.1) is 0 Å². The van der Waals surface area contributed by atoms with Crippen molar-refractivity contribution in [2.75, 3.05) is 18.0 Å². The second-order valence-electron chi connectivity index (χ2n) is 7.94. The molecule has 0 aromatic heterocycles. The molecule has 4 heteroatoms. The van der Waals surface area contributed by atoms with E-state index in [9.17, 15) is 4.79 Å². The van der Waals surface area contributed by atoms with E-state index in [1.165, 1.54) is 42.5 Å². The van der Waals surface area contributed by atoms with E-state index in [-0.39, 0.29) is 5.91 Å². The van der Waals surface area contributed by atoms with Gasteiger partial charge < -0.3 is 15.0 Å². The lowest BCUT2D eigenvalue weighted by Gasteiger charge is -2.22. The Bertz CT molecular complexity index is 810. The number of nitrogens with one attached hydrogen (secondary N) is 1. The van der Waals surface area contributed by atoms with Gasteiger partial charge in [-0.2, -0.15) is 0 Å². The van der Waals surface area contributed by atoms with E-state index >= 15 is 0 Å². The summed E-state index contributed by atoms with van der Waals surface area (Å²) >= 11 is 0. The first-order valence-electron chi connectivity index (χ1n) is 10.6. The molecule has 0 unspecified atom stereocenters. The Labute approximate surface area is 167 Å². The fraction of sp³-hybridized carbons (Fsp3) is 0.458. The van der Waals surface area contributed by atoms with Crippen LogP contribution in [0.4, 0.5) is 5.69 Å². The highest BCUT2D eigenvalue weighted by Crippen LogP contribution is 2.30. The number of fused-ring (bicyclic) bond motifs is 1. The van der Waals surface area contributed by atoms with Crippen molar-refractivity contribution < 1.29 is 9.53 Å². The second-order valence-corrected chi connectivity index (χ2v) is 7.94. The molecule has 4 rings (SSSR count). The minimum atomic E-state index is -0.503. The zero-order valence-corrected chi connectivity index (χ0v) is 16.7. The highest BCUT2D eigenvalue weighted by atomic mass is 16.5. The summed E-state index contributed by atoms with van der Waals surface area (Å²) < 4.78 is 6.03. The predicted octanol–water partition coefficient (Wildman–Crippen LogP) is 4.25. The standard InChI is InChI=1S/C24H30N2O2/c1-18(28-23-10-6-8-20-7-2-3-9-22(20)23)24(27)25-17-19-11-13-21(14-12-19)26-15-4-5-16-26/h6,8,10-14,18H,2-5,7,9,15-17H2,1H3,(H,25,27)/t18-/m0/s1. The Morgan fingerprint density at radius 3 is 2.57 bits per heavy atom. The minimum absolute atomic E-state index is 0.0722. The van der Waals surface area contributed by atoms with Gasteiger partial charge in [-0.05, 0) is 80.3 Å². The molecule has 0 spiro atoms. The van der Waals surface area contributed by atoms with Crippen molar-refractivity contribution in [3.63, 3.8) is 0 Å². The van der Waals surface area contributed by atoms with E-state index in [1.807, 2.05) is 19.1 Å². The monoisotopic (exact) mass is 378 g/mol. The largest absolute Gasteiger partial charge is 0.481 e. The third-order valence-electron chi connectivity index (χ3n) is 5.90. The quantitative estimate of drug-likeness (QED) is 0.817. The van der Waals surface area contributed by atoms with E-state index < -0.39 is 6.10 Å². The number of benzene rings is 2. The summed E-state index contributed by atoms with van der Waals surface area (Å²) in [5.41, 5.74) is 5.04. The van der Waals surface area contributed by atoms with Crippen LogP contribution in [0.25, 0.3) is 0 Å². The molecular weight excluding hydrogens is 348 g/mol. The van der Waals surface area contributed by atoms with Gasteiger partial charge in [-0.25, -0.2) is 0 Å². The second kappa shape index (κ2) is 8.68. The van der Waals surface area contributed by atoms with Crippen LogP contribution in [0.5, 0.6) is 5.75 Å². The van der Waals surface area contributed by atoms with E-state index in [0.717, 1.165) is 37.2 Å². The number of hydrogen-bond acceptors (Lipinski definition) is 3. The molecule has 2 aromatic carbocycles. The Morgan fingerprint density at radius 2 is 1.79 bits per heavy atom. The zero-order valence-electron chi connectivity index (χ0n) is 16.7. The van der Waals surface area contributed by atoms with Gasteiger partial charge in [-0.3, -0.25) is 4.79 Å². The number of carbonyl (C=O) groups excluding carboxylic acids is 1. The Kier molecular flexibility index (Phi) is 5.84. The van der Waals surface area contributed by atoms with Gasteiger partial charge in [-0.15, -0.1) is 0 Å². The fourth-order valence-electron chi connectivity index (χ4n) is 4.23. The summed E-state index contributed by atoms with van der Waals surface area (Å²) in [5, 5.41) is 3.01. The molecule has 1 aliphatic heterocycles. The van der Waals surface area contributed by atoms with Gasteiger partial charge in [0.25, 0.3) is 5.91 Å². The molecule has 1 fully saturated rings. The van der Waals surface area contributed by atoms with E-state index in [4.69, 9.17) is 4.74 Å². The normalized spacial score (nSPS) is 17.1. The summed E-state index contributed by atoms with van der Waals surface area (Å²) in [4.78, 5) is 14.9. The van der Waals surface area contributed by atoms with Crippen LogP contribution in [-0.2, 0) is 24.2 Å². The van der Waals surface area contributed by atoms with Gasteiger partial charge in [0.1, 0.15) is 5.75 Å². The summed E-state index contributed by atoms with van der Waals surface area (Å²) in [6.07, 6.45) is 6.65. The van der Waals surface area contributed by atoms with Crippen LogP contribution in [0.1, 0.15) is 49.3 Å². The average Bonchev–Trinajstić information content (AvgIpc) is 3.27. The van der Waals surface area contributed by atoms with Gasteiger partial charge >= 0.3 is 0 Å². The summed E-state index contributed by atoms with van der Waals surface area (Å²) in [5.74, 6) is 0.798. The lowest BCUT2D eigenvalue weighted by Crippen LogP contribution is -2.36. The lowest BCUT2D eigenvalue weighted by molar-refractivity contribution is -0.127. The van der Waals surface area contributed by atoms with Crippen molar-refractivity contribution in [2.24, 2.45) is 0 Å². The minimum Gasteiger partial charge on any atom is -0.481 e. The van der Waals surface area contributed by atoms with Crippen LogP contribution < -0.4 is 15.0 Å². The number of nitrogens with zero attached hydrogens (tertiary/aromatic N) is 1. The van der Waals surface area contributed by atoms with Crippen LogP contribution in [0.15, 0.2) is 42.5 Å². The molecule has 1 amide bonds. The van der Waals surface area contributed by atoms with Gasteiger partial charge in [-0.1, -0.05) is 24.3 Å². The third kappa shape index (κ3) is 4.32. The van der Waals surface area contributed by atoms with E-state index in [1.54, 1.807) is 0 Å². The highest BCUT2D eigenvalue weighted by molar-refractivity contribution is 5.80. The molecule has 1 atom stereocenters. The van der Waals surface area contributed by atoms with Crippen molar-refractivity contribution in [3.8, 4) is 5.75 Å². The average molecular weight is 379 g/mol. The number of rotatable bonds is 6. The molecule has 0 radical (unpaired) electrons. The maximum atomic E-state index is 12.5. The number of aryl methyl sites for hydroxylation is 1. The van der Waals surface area contributed by atoms with Crippen LogP contribution in [0.3, 0.4) is 0 Å². The first-order chi connectivity index (χ1) is 13.7. The Balaban J connectivity index is 1.31. The SMILES string of the molecule is C[C@H](Oc1cccc2c1CCCC2)C(=O)NCc1ccc(N2CCCC2)cc1. The van der Waals surface area contributed by atoms with Crippen molar-refractivity contribution in [1.82, 2.24) is 5.32 Å². The molecule has 0 bridgehead atoms. The lowest BCUT2D eigenvalue weighted by atomic mass is 9.91. The van der Waals surface area contributed by atoms with Crippen LogP contribution in [0.2, 0.25) is 0 Å². The Morgan fingerprint density at radius 1 is 1.04 bits per heavy atom. The third-order valence-corrected chi connectivity index (χ3v) is 5.90. The van der Waals surface area contributed by atoms with Gasteiger partial charge in [0.15, 0.2) is 6.10 Å². The predicted molar refractivity (Wildman–Crippen MR) is 113 cm³/mol. The fourth-order valence-corrected chi connectivity index (χ4v) is 4.23. The van der Waals surface area contributed by atoms with Crippen LogP contribution in [0, 0.1) is 0 Å². The smallest absolute Gasteiger partial charge is 0.261 e. The highest BCUT2D eigenvalue weighted by Gasteiger charge is 2.19. The first-order valence-corrected chi connectivity index (χ1v) is 10.6. The summed E-state index contributed by atoms with van der Waals surface area (Å²) in [6, 6.07) is 14.7. The number of carbonyl (C=O) groups is 1. The number of ether oxygens (including phenoxy) is 1. The van der Waals surface area contributed by atoms with Crippen LogP contribution >= 0.6 is 0 Å². The van der Waals surface area contributed by atoms with Gasteiger partial charge in [0.2, 0.25) is 0 Å². The van der Waals surface area contributed by atoms with E-state index in [0.29, 0.717) is 6.54 Å². The molecule has 2 aromatic rings. The first kappa shape index (κ1) is 18.9. The van der Waals surface area contributed by atoms with Crippen molar-refractivity contribution in [1.29, 1.82) is 0 Å². The van der Waals surface area contributed by atoms with Crippen LogP contribution in [-0.4, -0.2) is 25.1 Å². The van der Waals surface area contributed by atoms with Crippen molar-refractivity contribution in [2.45, 2.75) is 58.1 Å². The molecule has 1 N–H and O–H groups in total. The molecule has 2 aliphatic rings. The Hall–Kier alpha value is -2.49. The molecule has 28 heavy (non-hydrogen) atoms. The molecule has 0 saturated carbocycles. The molecule has 1 aliphatic carbocycles. The number of hydrogen-bond donors (Lipinski definition) is 1. The van der Waals surface area contributed by atoms with Gasteiger partial charge in [0, 0.05) is 25.3 Å². The topological polar surface area (TPSA) is 41.6 Å². The summed E-state index contributed by atoms with van der Waals surface area (Å²) in [7, 11) is 0. The molecule has 148 valence electrons. The number of amides is 1. The van der Waals surface area contributed by atoms with E-state index in [2.05, 4.69) is 40.5 Å². The number of anilines is 1. The maximum Gasteiger partial charge on any atom is 0.261 e. The molecular formula is C24H30N2O2. The molecule has 1 saturated heterocycles.